The number of hydrogen-bond acceptors (Lipinski definition) is 6. The summed E-state index contributed by atoms with van der Waals surface area (Å²) in [7, 11) is -4.01. The van der Waals surface area contributed by atoms with E-state index in [9.17, 15) is 26.4 Å². The van der Waals surface area contributed by atoms with Crippen LogP contribution in [0.3, 0.4) is 0 Å². The molecule has 2 heterocycles. The molecule has 0 spiro atoms. The predicted octanol–water partition coefficient (Wildman–Crippen LogP) is 3.03. The molecule has 3 unspecified atom stereocenters. The average molecular weight is 486 g/mol. The van der Waals surface area contributed by atoms with Gasteiger partial charge in [0.2, 0.25) is 15.9 Å². The van der Waals surface area contributed by atoms with Crippen LogP contribution in [0, 0.1) is 5.92 Å². The maximum Gasteiger partial charge on any atom is 0.573 e. The summed E-state index contributed by atoms with van der Waals surface area (Å²) >= 11 is 0. The van der Waals surface area contributed by atoms with E-state index < -0.39 is 34.1 Å². The summed E-state index contributed by atoms with van der Waals surface area (Å²) in [6.07, 6.45) is -3.94. The van der Waals surface area contributed by atoms with Crippen LogP contribution < -0.4 is 15.2 Å². The number of primary amides is 1. The molecule has 3 atom stereocenters. The third-order valence-corrected chi connectivity index (χ3v) is 7.52. The third-order valence-electron chi connectivity index (χ3n) is 5.63. The van der Waals surface area contributed by atoms with Crippen molar-refractivity contribution in [3.05, 3.63) is 48.5 Å². The first-order chi connectivity index (χ1) is 15.5. The summed E-state index contributed by atoms with van der Waals surface area (Å²) in [5, 5.41) is 0. The molecular formula is C21H21F3N2O6S. The zero-order valence-electron chi connectivity index (χ0n) is 17.2. The van der Waals surface area contributed by atoms with Gasteiger partial charge in [-0.05, 0) is 61.4 Å². The molecule has 33 heavy (non-hydrogen) atoms. The molecule has 2 aromatic carbocycles. The maximum absolute atomic E-state index is 13.2. The zero-order chi connectivity index (χ0) is 23.8. The molecule has 2 aliphatic heterocycles. The number of nitrogens with zero attached hydrogens (tertiary/aromatic N) is 1. The van der Waals surface area contributed by atoms with E-state index in [4.69, 9.17) is 15.2 Å². The van der Waals surface area contributed by atoms with Crippen molar-refractivity contribution in [2.75, 3.05) is 13.2 Å². The standard InChI is InChI=1S/C21H21F3N2O6S/c22-21(23,24)32-15-3-1-13(2-4-15)31-14-5-7-16(8-6-14)33(28,29)26-11-9-18-17(10-12-30-18)19(26)20(25)27/h1-8,17-19H,9-12H2,(H2,25,27). The number of piperidine rings is 1. The van der Waals surface area contributed by atoms with E-state index in [2.05, 4.69) is 4.74 Å². The number of halogens is 3. The summed E-state index contributed by atoms with van der Waals surface area (Å²) in [6.45, 7) is 0.573. The van der Waals surface area contributed by atoms with Gasteiger partial charge >= 0.3 is 6.36 Å². The van der Waals surface area contributed by atoms with Crippen molar-refractivity contribution in [3.63, 3.8) is 0 Å². The van der Waals surface area contributed by atoms with E-state index in [0.29, 0.717) is 19.4 Å². The highest BCUT2D eigenvalue weighted by Crippen LogP contribution is 2.37. The van der Waals surface area contributed by atoms with Crippen molar-refractivity contribution in [1.82, 2.24) is 4.31 Å². The van der Waals surface area contributed by atoms with Gasteiger partial charge in [-0.3, -0.25) is 4.79 Å². The Morgan fingerprint density at radius 3 is 2.15 bits per heavy atom. The molecule has 0 bridgehead atoms. The molecule has 12 heteroatoms. The number of fused-ring (bicyclic) bond motifs is 1. The first-order valence-corrected chi connectivity index (χ1v) is 11.5. The first-order valence-electron chi connectivity index (χ1n) is 10.1. The fraction of sp³-hybridized carbons (Fsp3) is 0.381. The number of rotatable bonds is 6. The molecule has 0 aromatic heterocycles. The summed E-state index contributed by atoms with van der Waals surface area (Å²) in [5.41, 5.74) is 5.55. The van der Waals surface area contributed by atoms with E-state index in [0.717, 1.165) is 16.4 Å². The van der Waals surface area contributed by atoms with Crippen molar-refractivity contribution in [2.45, 2.75) is 36.2 Å². The Labute approximate surface area is 188 Å². The smallest absolute Gasteiger partial charge is 0.457 e. The molecule has 178 valence electrons. The van der Waals surface area contributed by atoms with Gasteiger partial charge in [0.05, 0.1) is 11.0 Å². The molecule has 1 amide bonds. The summed E-state index contributed by atoms with van der Waals surface area (Å²) in [4.78, 5) is 12.1. The minimum atomic E-state index is -4.79. The number of carbonyl (C=O) groups is 1. The van der Waals surface area contributed by atoms with Gasteiger partial charge < -0.3 is 19.9 Å². The highest BCUT2D eigenvalue weighted by atomic mass is 32.2. The summed E-state index contributed by atoms with van der Waals surface area (Å²) in [6, 6.07) is 9.29. The van der Waals surface area contributed by atoms with Gasteiger partial charge in [0.25, 0.3) is 0 Å². The van der Waals surface area contributed by atoms with Crippen LogP contribution in [-0.4, -0.2) is 50.3 Å². The normalized spacial score (nSPS) is 23.7. The lowest BCUT2D eigenvalue weighted by atomic mass is 9.87. The fourth-order valence-corrected chi connectivity index (χ4v) is 5.87. The van der Waals surface area contributed by atoms with E-state index in [1.54, 1.807) is 0 Å². The van der Waals surface area contributed by atoms with Crippen molar-refractivity contribution < 1.29 is 40.6 Å². The summed E-state index contributed by atoms with van der Waals surface area (Å²) in [5.74, 6) is -0.878. The molecular weight excluding hydrogens is 465 g/mol. The number of hydrogen-bond donors (Lipinski definition) is 1. The van der Waals surface area contributed by atoms with Gasteiger partial charge in [-0.15, -0.1) is 13.2 Å². The fourth-order valence-electron chi connectivity index (χ4n) is 4.21. The van der Waals surface area contributed by atoms with Gasteiger partial charge in [0.1, 0.15) is 23.3 Å². The van der Waals surface area contributed by atoms with Crippen molar-refractivity contribution in [3.8, 4) is 17.2 Å². The van der Waals surface area contributed by atoms with Crippen molar-refractivity contribution in [1.29, 1.82) is 0 Å². The lowest BCUT2D eigenvalue weighted by Gasteiger charge is -2.39. The molecule has 2 aliphatic rings. The van der Waals surface area contributed by atoms with Crippen LogP contribution in [-0.2, 0) is 19.6 Å². The molecule has 2 fully saturated rings. The lowest BCUT2D eigenvalue weighted by Crippen LogP contribution is -2.57. The molecule has 2 aromatic rings. The Hall–Kier alpha value is -2.83. The van der Waals surface area contributed by atoms with Gasteiger partial charge in [-0.25, -0.2) is 8.42 Å². The Morgan fingerprint density at radius 2 is 1.58 bits per heavy atom. The Kier molecular flexibility index (Phi) is 6.25. The third kappa shape index (κ3) is 5.07. The molecule has 8 nitrogen and oxygen atoms in total. The van der Waals surface area contributed by atoms with Crippen LogP contribution in [0.5, 0.6) is 17.2 Å². The van der Waals surface area contributed by atoms with Crippen molar-refractivity contribution in [2.24, 2.45) is 11.7 Å². The largest absolute Gasteiger partial charge is 0.573 e. The average Bonchev–Trinajstić information content (AvgIpc) is 3.22. The number of amides is 1. The summed E-state index contributed by atoms with van der Waals surface area (Å²) < 4.78 is 79.3. The van der Waals surface area contributed by atoms with Crippen LogP contribution >= 0.6 is 0 Å². The van der Waals surface area contributed by atoms with E-state index in [1.165, 1.54) is 36.4 Å². The number of nitrogens with two attached hydrogens (primary N) is 1. The second kappa shape index (κ2) is 8.84. The molecule has 2 N–H and O–H groups in total. The van der Waals surface area contributed by atoms with Gasteiger partial charge in [-0.2, -0.15) is 4.31 Å². The molecule has 2 saturated heterocycles. The maximum atomic E-state index is 13.2. The monoisotopic (exact) mass is 486 g/mol. The quantitative estimate of drug-likeness (QED) is 0.673. The van der Waals surface area contributed by atoms with Crippen LogP contribution in [0.25, 0.3) is 0 Å². The minimum absolute atomic E-state index is 0.0348. The Balaban J connectivity index is 1.48. The number of ether oxygens (including phenoxy) is 3. The number of carbonyl (C=O) groups excluding carboxylic acids is 1. The van der Waals surface area contributed by atoms with Crippen LogP contribution in [0.4, 0.5) is 13.2 Å². The van der Waals surface area contributed by atoms with E-state index >= 15 is 0 Å². The molecule has 0 saturated carbocycles. The van der Waals surface area contributed by atoms with Crippen LogP contribution in [0.15, 0.2) is 53.4 Å². The first kappa shape index (κ1) is 23.3. The predicted molar refractivity (Wildman–Crippen MR) is 109 cm³/mol. The van der Waals surface area contributed by atoms with Gasteiger partial charge in [0, 0.05) is 19.1 Å². The van der Waals surface area contributed by atoms with Gasteiger partial charge in [-0.1, -0.05) is 0 Å². The van der Waals surface area contributed by atoms with Gasteiger partial charge in [0.15, 0.2) is 0 Å². The SMILES string of the molecule is NC(=O)C1C2CCOC2CCN1S(=O)(=O)c1ccc(Oc2ccc(OC(F)(F)F)cc2)cc1. The van der Waals surface area contributed by atoms with Crippen molar-refractivity contribution >= 4 is 15.9 Å². The molecule has 4 rings (SSSR count). The van der Waals surface area contributed by atoms with E-state index in [1.807, 2.05) is 0 Å². The van der Waals surface area contributed by atoms with E-state index in [-0.39, 0.29) is 35.0 Å². The highest BCUT2D eigenvalue weighted by Gasteiger charge is 2.48. The highest BCUT2D eigenvalue weighted by molar-refractivity contribution is 7.89. The molecule has 0 aliphatic carbocycles. The van der Waals surface area contributed by atoms with Crippen LogP contribution in [0.1, 0.15) is 12.8 Å². The molecule has 0 radical (unpaired) electrons. The lowest BCUT2D eigenvalue weighted by molar-refractivity contribution is -0.274. The Bertz CT molecular complexity index is 1110. The second-order valence-electron chi connectivity index (χ2n) is 7.71. The Morgan fingerprint density at radius 1 is 1.00 bits per heavy atom. The second-order valence-corrected chi connectivity index (χ2v) is 9.60. The number of alkyl halides is 3. The van der Waals surface area contributed by atoms with Crippen LogP contribution in [0.2, 0.25) is 0 Å². The zero-order valence-corrected chi connectivity index (χ0v) is 18.0. The topological polar surface area (TPSA) is 108 Å². The number of sulfonamides is 1. The minimum Gasteiger partial charge on any atom is -0.457 e. The number of benzene rings is 2.